The van der Waals surface area contributed by atoms with Crippen LogP contribution in [0.15, 0.2) is 24.3 Å². The average Bonchev–Trinajstić information content (AvgIpc) is 2.47. The number of ketones is 1. The van der Waals surface area contributed by atoms with Crippen molar-refractivity contribution in [3.63, 3.8) is 0 Å². The van der Waals surface area contributed by atoms with Crippen LogP contribution in [0.4, 0.5) is 0 Å². The van der Waals surface area contributed by atoms with Crippen LogP contribution in [0.1, 0.15) is 29.8 Å². The zero-order valence-corrected chi connectivity index (χ0v) is 12.5. The number of nitrogens with zero attached hydrogens (tertiary/aromatic N) is 1. The van der Waals surface area contributed by atoms with Gasteiger partial charge in [-0.1, -0.05) is 24.3 Å². The molecular formula is C15H21NO2S. The molecule has 1 aliphatic rings. The fourth-order valence-electron chi connectivity index (χ4n) is 2.38. The molecule has 3 nitrogen and oxygen atoms in total. The summed E-state index contributed by atoms with van der Waals surface area (Å²) in [7, 11) is 0. The number of carbonyl (C=O) groups is 1. The zero-order valence-electron chi connectivity index (χ0n) is 11.6. The highest BCUT2D eigenvalue weighted by molar-refractivity contribution is 7.79. The second-order valence-electron chi connectivity index (χ2n) is 5.34. The number of thiol groups is 1. The summed E-state index contributed by atoms with van der Waals surface area (Å²) in [6, 6.07) is 7.73. The number of hydrogen-bond acceptors (Lipinski definition) is 4. The van der Waals surface area contributed by atoms with Gasteiger partial charge in [0, 0.05) is 24.4 Å². The molecule has 0 saturated carbocycles. The Hall–Kier alpha value is -0.840. The first-order valence-electron chi connectivity index (χ1n) is 6.63. The maximum Gasteiger partial charge on any atom is 0.182 e. The van der Waals surface area contributed by atoms with Crippen molar-refractivity contribution in [3.05, 3.63) is 35.4 Å². The summed E-state index contributed by atoms with van der Waals surface area (Å²) >= 11 is 4.23. The highest BCUT2D eigenvalue weighted by Gasteiger charge is 2.35. The Morgan fingerprint density at radius 3 is 2.37 bits per heavy atom. The Labute approximate surface area is 120 Å². The quantitative estimate of drug-likeness (QED) is 0.678. The van der Waals surface area contributed by atoms with Crippen molar-refractivity contribution in [2.45, 2.75) is 25.1 Å². The third kappa shape index (κ3) is 3.19. The Morgan fingerprint density at radius 1 is 1.26 bits per heavy atom. The highest BCUT2D eigenvalue weighted by Crippen LogP contribution is 2.22. The van der Waals surface area contributed by atoms with Gasteiger partial charge in [-0.05, 0) is 19.4 Å². The average molecular weight is 279 g/mol. The van der Waals surface area contributed by atoms with Gasteiger partial charge in [0.1, 0.15) is 0 Å². The molecule has 0 bridgehead atoms. The van der Waals surface area contributed by atoms with Gasteiger partial charge in [-0.3, -0.25) is 9.69 Å². The van der Waals surface area contributed by atoms with Crippen LogP contribution in [0.25, 0.3) is 0 Å². The van der Waals surface area contributed by atoms with E-state index in [0.717, 1.165) is 24.2 Å². The van der Waals surface area contributed by atoms with Crippen molar-refractivity contribution in [2.75, 3.05) is 26.3 Å². The first-order chi connectivity index (χ1) is 9.05. The van der Waals surface area contributed by atoms with Crippen molar-refractivity contribution in [1.82, 2.24) is 4.90 Å². The normalized spacial score (nSPS) is 17.4. The Kier molecular flexibility index (Phi) is 4.66. The number of benzene rings is 1. The largest absolute Gasteiger partial charge is 0.379 e. The van der Waals surface area contributed by atoms with Gasteiger partial charge in [0.05, 0.1) is 18.8 Å². The van der Waals surface area contributed by atoms with Gasteiger partial charge in [-0.15, -0.1) is 0 Å². The van der Waals surface area contributed by atoms with E-state index in [1.54, 1.807) is 0 Å². The lowest BCUT2D eigenvalue weighted by Gasteiger charge is -2.39. The zero-order chi connectivity index (χ0) is 13.9. The molecular weight excluding hydrogens is 258 g/mol. The molecule has 0 N–H and O–H groups in total. The number of morpholine rings is 1. The minimum atomic E-state index is -0.480. The summed E-state index contributed by atoms with van der Waals surface area (Å²) in [6.07, 6.45) is 0. The number of Topliss-reactive ketones (excluding diaryl/α,β-unsaturated/α-hetero) is 1. The molecule has 19 heavy (non-hydrogen) atoms. The lowest BCUT2D eigenvalue weighted by atomic mass is 9.90. The van der Waals surface area contributed by atoms with Crippen LogP contribution < -0.4 is 0 Å². The molecule has 4 heteroatoms. The van der Waals surface area contributed by atoms with Crippen molar-refractivity contribution >= 4 is 18.4 Å². The molecule has 1 heterocycles. The molecule has 1 fully saturated rings. The third-order valence-corrected chi connectivity index (χ3v) is 4.12. The van der Waals surface area contributed by atoms with Crippen LogP contribution in [0.2, 0.25) is 0 Å². The first kappa shape index (κ1) is 14.6. The monoisotopic (exact) mass is 279 g/mol. The molecule has 0 aliphatic carbocycles. The minimum absolute atomic E-state index is 0.167. The van der Waals surface area contributed by atoms with Gasteiger partial charge in [0.2, 0.25) is 0 Å². The molecule has 0 radical (unpaired) electrons. The molecule has 1 aromatic rings. The molecule has 0 spiro atoms. The van der Waals surface area contributed by atoms with Crippen molar-refractivity contribution in [1.29, 1.82) is 0 Å². The van der Waals surface area contributed by atoms with E-state index < -0.39 is 5.54 Å². The predicted molar refractivity (Wildman–Crippen MR) is 79.9 cm³/mol. The van der Waals surface area contributed by atoms with Gasteiger partial charge in [0.15, 0.2) is 5.78 Å². The molecule has 0 unspecified atom stereocenters. The summed E-state index contributed by atoms with van der Waals surface area (Å²) in [4.78, 5) is 14.9. The molecule has 104 valence electrons. The minimum Gasteiger partial charge on any atom is -0.379 e. The first-order valence-corrected chi connectivity index (χ1v) is 7.26. The van der Waals surface area contributed by atoms with E-state index in [2.05, 4.69) is 17.5 Å². The molecule has 1 aromatic carbocycles. The van der Waals surface area contributed by atoms with Crippen LogP contribution in [-0.4, -0.2) is 42.5 Å². The summed E-state index contributed by atoms with van der Waals surface area (Å²) < 4.78 is 5.35. The SMILES string of the molecule is CC(C)(C(=O)c1ccc(CS)cc1)N1CCOCC1. The molecule has 0 atom stereocenters. The van der Waals surface area contributed by atoms with Gasteiger partial charge in [-0.25, -0.2) is 0 Å². The molecule has 2 rings (SSSR count). The van der Waals surface area contributed by atoms with Crippen molar-refractivity contribution in [3.8, 4) is 0 Å². The molecule has 0 amide bonds. The fourth-order valence-corrected chi connectivity index (χ4v) is 2.59. The maximum absolute atomic E-state index is 12.7. The summed E-state index contributed by atoms with van der Waals surface area (Å²) in [6.45, 7) is 7.02. The van der Waals surface area contributed by atoms with Gasteiger partial charge in [0.25, 0.3) is 0 Å². The van der Waals surface area contributed by atoms with Crippen LogP contribution in [0, 0.1) is 0 Å². The van der Waals surface area contributed by atoms with E-state index in [9.17, 15) is 4.79 Å². The van der Waals surface area contributed by atoms with E-state index in [-0.39, 0.29) is 5.78 Å². The molecule has 1 aliphatic heterocycles. The summed E-state index contributed by atoms with van der Waals surface area (Å²) in [5.41, 5.74) is 1.41. The van der Waals surface area contributed by atoms with Gasteiger partial charge in [-0.2, -0.15) is 12.6 Å². The number of ether oxygens (including phenoxy) is 1. The number of rotatable bonds is 4. The maximum atomic E-state index is 12.7. The van der Waals surface area contributed by atoms with Gasteiger partial charge < -0.3 is 4.74 Å². The van der Waals surface area contributed by atoms with Crippen LogP contribution in [0.3, 0.4) is 0 Å². The van der Waals surface area contributed by atoms with E-state index in [1.165, 1.54) is 0 Å². The van der Waals surface area contributed by atoms with Crippen LogP contribution >= 0.6 is 12.6 Å². The van der Waals surface area contributed by atoms with Crippen molar-refractivity contribution < 1.29 is 9.53 Å². The lowest BCUT2D eigenvalue weighted by molar-refractivity contribution is -0.00429. The lowest BCUT2D eigenvalue weighted by Crippen LogP contribution is -2.54. The van der Waals surface area contributed by atoms with Crippen LogP contribution in [0.5, 0.6) is 0 Å². The van der Waals surface area contributed by atoms with Crippen molar-refractivity contribution in [2.24, 2.45) is 0 Å². The standard InChI is InChI=1S/C15H21NO2S/c1-15(2,16-7-9-18-10-8-16)14(17)13-5-3-12(11-19)4-6-13/h3-6,19H,7-11H2,1-2H3. The highest BCUT2D eigenvalue weighted by atomic mass is 32.1. The molecule has 0 aromatic heterocycles. The van der Waals surface area contributed by atoms with E-state index in [4.69, 9.17) is 4.74 Å². The topological polar surface area (TPSA) is 29.5 Å². The second-order valence-corrected chi connectivity index (χ2v) is 5.66. The summed E-state index contributed by atoms with van der Waals surface area (Å²) in [5.74, 6) is 0.863. The Balaban J connectivity index is 2.15. The molecule has 1 saturated heterocycles. The number of hydrogen-bond donors (Lipinski definition) is 1. The smallest absolute Gasteiger partial charge is 0.182 e. The number of carbonyl (C=O) groups excluding carboxylic acids is 1. The third-order valence-electron chi connectivity index (χ3n) is 3.76. The van der Waals surface area contributed by atoms with E-state index >= 15 is 0 Å². The van der Waals surface area contributed by atoms with E-state index in [0.29, 0.717) is 19.0 Å². The second kappa shape index (κ2) is 6.07. The summed E-state index contributed by atoms with van der Waals surface area (Å²) in [5, 5.41) is 0. The predicted octanol–water partition coefficient (Wildman–Crippen LogP) is 2.41. The Bertz CT molecular complexity index is 436. The Morgan fingerprint density at radius 2 is 1.84 bits per heavy atom. The fraction of sp³-hybridized carbons (Fsp3) is 0.533. The van der Waals surface area contributed by atoms with Gasteiger partial charge >= 0.3 is 0 Å². The van der Waals surface area contributed by atoms with E-state index in [1.807, 2.05) is 38.1 Å². The van der Waals surface area contributed by atoms with Crippen LogP contribution in [-0.2, 0) is 10.5 Å².